The van der Waals surface area contributed by atoms with E-state index in [2.05, 4.69) is 18.7 Å². The summed E-state index contributed by atoms with van der Waals surface area (Å²) in [6.45, 7) is 5.91. The number of rotatable bonds is 3. The summed E-state index contributed by atoms with van der Waals surface area (Å²) in [5.41, 5.74) is 6.19. The standard InChI is InChI=1S/C15H21F3N2/c1-10(2)9-20-7-6-13(19)14(20)11-4-3-5-12(8-11)15(16,17)18/h3-5,8,10,13-14H,6-7,9,19H2,1-2H3. The van der Waals surface area contributed by atoms with E-state index in [1.54, 1.807) is 6.07 Å². The van der Waals surface area contributed by atoms with Crippen molar-refractivity contribution in [1.82, 2.24) is 4.90 Å². The largest absolute Gasteiger partial charge is 0.416 e. The third-order valence-electron chi connectivity index (χ3n) is 3.70. The van der Waals surface area contributed by atoms with Crippen LogP contribution in [0.1, 0.15) is 37.4 Å². The first kappa shape index (κ1) is 15.3. The van der Waals surface area contributed by atoms with Crippen LogP contribution in [0.25, 0.3) is 0 Å². The van der Waals surface area contributed by atoms with Crippen molar-refractivity contribution in [2.24, 2.45) is 11.7 Å². The molecule has 2 nitrogen and oxygen atoms in total. The van der Waals surface area contributed by atoms with Crippen molar-refractivity contribution in [3.8, 4) is 0 Å². The Bertz CT molecular complexity index is 457. The van der Waals surface area contributed by atoms with Crippen LogP contribution in [0.15, 0.2) is 24.3 Å². The Kier molecular flexibility index (Phi) is 4.39. The van der Waals surface area contributed by atoms with Gasteiger partial charge in [0.1, 0.15) is 0 Å². The van der Waals surface area contributed by atoms with Crippen molar-refractivity contribution in [1.29, 1.82) is 0 Å². The highest BCUT2D eigenvalue weighted by atomic mass is 19.4. The van der Waals surface area contributed by atoms with Crippen LogP contribution in [0.2, 0.25) is 0 Å². The van der Waals surface area contributed by atoms with Gasteiger partial charge >= 0.3 is 6.18 Å². The van der Waals surface area contributed by atoms with Crippen LogP contribution in [0.4, 0.5) is 13.2 Å². The fourth-order valence-electron chi connectivity index (χ4n) is 2.91. The van der Waals surface area contributed by atoms with E-state index in [1.807, 2.05) is 0 Å². The minimum absolute atomic E-state index is 0.0998. The maximum atomic E-state index is 12.8. The number of likely N-dealkylation sites (tertiary alicyclic amines) is 1. The van der Waals surface area contributed by atoms with Gasteiger partial charge in [0.25, 0.3) is 0 Å². The zero-order chi connectivity index (χ0) is 14.9. The van der Waals surface area contributed by atoms with E-state index < -0.39 is 11.7 Å². The molecule has 2 rings (SSSR count). The Hall–Kier alpha value is -1.07. The van der Waals surface area contributed by atoms with Gasteiger partial charge in [-0.25, -0.2) is 0 Å². The maximum absolute atomic E-state index is 12.8. The molecule has 2 atom stereocenters. The molecule has 0 amide bonds. The Labute approximate surface area is 117 Å². The number of hydrogen-bond donors (Lipinski definition) is 1. The summed E-state index contributed by atoms with van der Waals surface area (Å²) < 4.78 is 38.4. The van der Waals surface area contributed by atoms with Gasteiger partial charge in [0.05, 0.1) is 5.56 Å². The monoisotopic (exact) mass is 286 g/mol. The molecule has 2 unspecified atom stereocenters. The van der Waals surface area contributed by atoms with E-state index in [1.165, 1.54) is 12.1 Å². The summed E-state index contributed by atoms with van der Waals surface area (Å²) in [5, 5.41) is 0. The molecule has 2 N–H and O–H groups in total. The first-order chi connectivity index (χ1) is 9.29. The second-order valence-corrected chi connectivity index (χ2v) is 5.91. The third-order valence-corrected chi connectivity index (χ3v) is 3.70. The van der Waals surface area contributed by atoms with E-state index in [9.17, 15) is 13.2 Å². The Morgan fingerprint density at radius 1 is 1.35 bits per heavy atom. The molecular formula is C15H21F3N2. The van der Waals surface area contributed by atoms with Gasteiger partial charge in [-0.05, 0) is 30.0 Å². The normalized spacial score (nSPS) is 24.6. The lowest BCUT2D eigenvalue weighted by Crippen LogP contribution is -2.34. The molecule has 0 radical (unpaired) electrons. The molecule has 1 fully saturated rings. The molecule has 0 spiro atoms. The van der Waals surface area contributed by atoms with Crippen LogP contribution in [-0.4, -0.2) is 24.0 Å². The summed E-state index contributed by atoms with van der Waals surface area (Å²) in [4.78, 5) is 2.20. The second kappa shape index (κ2) is 5.74. The topological polar surface area (TPSA) is 29.3 Å². The number of halogens is 3. The number of hydrogen-bond acceptors (Lipinski definition) is 2. The molecular weight excluding hydrogens is 265 g/mol. The summed E-state index contributed by atoms with van der Waals surface area (Å²) in [5.74, 6) is 0.466. The molecule has 0 aliphatic carbocycles. The van der Waals surface area contributed by atoms with Crippen molar-refractivity contribution in [2.75, 3.05) is 13.1 Å². The summed E-state index contributed by atoms with van der Waals surface area (Å²) in [6.07, 6.45) is -3.48. The summed E-state index contributed by atoms with van der Waals surface area (Å²) in [6, 6.07) is 5.35. The molecule has 1 aromatic carbocycles. The van der Waals surface area contributed by atoms with Crippen LogP contribution in [0, 0.1) is 5.92 Å². The van der Waals surface area contributed by atoms with Gasteiger partial charge in [0, 0.05) is 25.2 Å². The van der Waals surface area contributed by atoms with E-state index in [0.29, 0.717) is 11.5 Å². The Balaban J connectivity index is 2.28. The van der Waals surface area contributed by atoms with Crippen molar-refractivity contribution in [2.45, 2.75) is 38.5 Å². The minimum atomic E-state index is -4.30. The molecule has 1 aromatic rings. The number of nitrogens with two attached hydrogens (primary N) is 1. The van der Waals surface area contributed by atoms with Crippen LogP contribution >= 0.6 is 0 Å². The maximum Gasteiger partial charge on any atom is 0.416 e. The first-order valence-electron chi connectivity index (χ1n) is 6.96. The molecule has 0 saturated carbocycles. The Morgan fingerprint density at radius 2 is 2.05 bits per heavy atom. The van der Waals surface area contributed by atoms with E-state index in [-0.39, 0.29) is 12.1 Å². The highest BCUT2D eigenvalue weighted by Gasteiger charge is 2.35. The molecule has 1 aliphatic rings. The van der Waals surface area contributed by atoms with Crippen LogP contribution in [0.3, 0.4) is 0 Å². The predicted octanol–water partition coefficient (Wildman–Crippen LogP) is 3.44. The fourth-order valence-corrected chi connectivity index (χ4v) is 2.91. The average Bonchev–Trinajstić information content (AvgIpc) is 2.69. The van der Waals surface area contributed by atoms with E-state index in [4.69, 9.17) is 5.73 Å². The molecule has 1 saturated heterocycles. The molecule has 1 heterocycles. The molecule has 0 bridgehead atoms. The van der Waals surface area contributed by atoms with E-state index in [0.717, 1.165) is 25.6 Å². The highest BCUT2D eigenvalue weighted by Crippen LogP contribution is 2.35. The molecule has 5 heteroatoms. The highest BCUT2D eigenvalue weighted by molar-refractivity contribution is 5.29. The zero-order valence-electron chi connectivity index (χ0n) is 11.8. The summed E-state index contributed by atoms with van der Waals surface area (Å²) in [7, 11) is 0. The fraction of sp³-hybridized carbons (Fsp3) is 0.600. The lowest BCUT2D eigenvalue weighted by molar-refractivity contribution is -0.137. The van der Waals surface area contributed by atoms with Crippen molar-refractivity contribution in [3.05, 3.63) is 35.4 Å². The van der Waals surface area contributed by atoms with Crippen LogP contribution in [-0.2, 0) is 6.18 Å². The first-order valence-corrected chi connectivity index (χ1v) is 6.96. The lowest BCUT2D eigenvalue weighted by Gasteiger charge is -2.29. The smallest absolute Gasteiger partial charge is 0.326 e. The van der Waals surface area contributed by atoms with Gasteiger partial charge in [0.2, 0.25) is 0 Å². The lowest BCUT2D eigenvalue weighted by atomic mass is 9.98. The molecule has 20 heavy (non-hydrogen) atoms. The average molecular weight is 286 g/mol. The predicted molar refractivity (Wildman–Crippen MR) is 73.2 cm³/mol. The number of alkyl halides is 3. The molecule has 1 aliphatic heterocycles. The van der Waals surface area contributed by atoms with Crippen molar-refractivity contribution in [3.63, 3.8) is 0 Å². The quantitative estimate of drug-likeness (QED) is 0.922. The van der Waals surface area contributed by atoms with Gasteiger partial charge in [0.15, 0.2) is 0 Å². The second-order valence-electron chi connectivity index (χ2n) is 5.91. The van der Waals surface area contributed by atoms with Gasteiger partial charge < -0.3 is 5.73 Å². The zero-order valence-corrected chi connectivity index (χ0v) is 11.8. The SMILES string of the molecule is CC(C)CN1CCC(N)C1c1cccc(C(F)(F)F)c1. The summed E-state index contributed by atoms with van der Waals surface area (Å²) >= 11 is 0. The van der Waals surface area contributed by atoms with Gasteiger partial charge in [-0.1, -0.05) is 26.0 Å². The Morgan fingerprint density at radius 3 is 2.65 bits per heavy atom. The van der Waals surface area contributed by atoms with E-state index >= 15 is 0 Å². The van der Waals surface area contributed by atoms with Crippen LogP contribution in [0.5, 0.6) is 0 Å². The van der Waals surface area contributed by atoms with Crippen molar-refractivity contribution >= 4 is 0 Å². The third kappa shape index (κ3) is 3.33. The van der Waals surface area contributed by atoms with Crippen LogP contribution < -0.4 is 5.73 Å². The molecule has 112 valence electrons. The van der Waals surface area contributed by atoms with Gasteiger partial charge in [-0.3, -0.25) is 4.90 Å². The van der Waals surface area contributed by atoms with Gasteiger partial charge in [-0.15, -0.1) is 0 Å². The number of nitrogens with zero attached hydrogens (tertiary/aromatic N) is 1. The molecule has 0 aromatic heterocycles. The minimum Gasteiger partial charge on any atom is -0.326 e. The number of benzene rings is 1. The van der Waals surface area contributed by atoms with Crippen molar-refractivity contribution < 1.29 is 13.2 Å². The van der Waals surface area contributed by atoms with Gasteiger partial charge in [-0.2, -0.15) is 13.2 Å².